The van der Waals surface area contributed by atoms with Crippen molar-refractivity contribution >= 4 is 16.8 Å². The number of rotatable bonds is 6. The summed E-state index contributed by atoms with van der Waals surface area (Å²) in [7, 11) is 0. The van der Waals surface area contributed by atoms with Gasteiger partial charge in [0.05, 0.1) is 0 Å². The van der Waals surface area contributed by atoms with E-state index in [0.717, 1.165) is 24.1 Å². The first-order chi connectivity index (χ1) is 11.8. The molecule has 0 unspecified atom stereocenters. The van der Waals surface area contributed by atoms with E-state index in [9.17, 15) is 4.79 Å². The minimum absolute atomic E-state index is 0.0499. The molecular weight excluding hydrogens is 300 g/mol. The molecule has 1 heterocycles. The number of aromatic nitrogens is 1. The molecule has 1 N–H and O–H groups in total. The van der Waals surface area contributed by atoms with Gasteiger partial charge in [-0.05, 0) is 42.7 Å². The van der Waals surface area contributed by atoms with Gasteiger partial charge < -0.3 is 14.6 Å². The van der Waals surface area contributed by atoms with Crippen molar-refractivity contribution in [3.63, 3.8) is 0 Å². The molecule has 2 aromatic carbocycles. The first kappa shape index (κ1) is 14.8. The van der Waals surface area contributed by atoms with Crippen molar-refractivity contribution in [2.75, 3.05) is 6.61 Å². The van der Waals surface area contributed by atoms with Crippen molar-refractivity contribution in [3.05, 3.63) is 66.4 Å². The van der Waals surface area contributed by atoms with Crippen molar-refractivity contribution in [2.45, 2.75) is 25.4 Å². The quantitative estimate of drug-likeness (QED) is 0.752. The number of carbonyl (C=O) groups excluding carboxylic acids is 1. The molecular formula is C20H20N2O2. The summed E-state index contributed by atoms with van der Waals surface area (Å²) in [6.45, 7) is 0.723. The summed E-state index contributed by atoms with van der Waals surface area (Å²) in [5.74, 6) is 0.781. The molecule has 24 heavy (non-hydrogen) atoms. The lowest BCUT2D eigenvalue weighted by atomic mass is 10.1. The molecule has 0 radical (unpaired) electrons. The predicted molar refractivity (Wildman–Crippen MR) is 93.8 cm³/mol. The summed E-state index contributed by atoms with van der Waals surface area (Å²) in [5.41, 5.74) is 2.28. The Morgan fingerprint density at radius 2 is 1.92 bits per heavy atom. The third kappa shape index (κ3) is 3.13. The molecule has 0 atom stereocenters. The van der Waals surface area contributed by atoms with Crippen LogP contribution in [-0.4, -0.2) is 28.4 Å². The summed E-state index contributed by atoms with van der Waals surface area (Å²) < 4.78 is 5.64. The number of hydrogen-bond donors (Lipinski definition) is 1. The van der Waals surface area contributed by atoms with Gasteiger partial charge in [0.2, 0.25) is 0 Å². The Labute approximate surface area is 141 Å². The van der Waals surface area contributed by atoms with E-state index in [4.69, 9.17) is 4.74 Å². The Balaban J connectivity index is 1.48. The second-order valence-corrected chi connectivity index (χ2v) is 6.21. The minimum Gasteiger partial charge on any atom is -0.484 e. The molecule has 0 saturated heterocycles. The Bertz CT molecular complexity index is 837. The minimum atomic E-state index is 0.0499. The van der Waals surface area contributed by atoms with Crippen molar-refractivity contribution in [1.29, 1.82) is 0 Å². The topological polar surface area (TPSA) is 45.3 Å². The van der Waals surface area contributed by atoms with E-state index in [1.807, 2.05) is 47.5 Å². The predicted octanol–water partition coefficient (Wildman–Crippen LogP) is 3.74. The maximum absolute atomic E-state index is 12.7. The zero-order chi connectivity index (χ0) is 16.4. The molecule has 3 aromatic rings. The monoisotopic (exact) mass is 320 g/mol. The van der Waals surface area contributed by atoms with Gasteiger partial charge in [0.25, 0.3) is 5.91 Å². The van der Waals surface area contributed by atoms with Crippen molar-refractivity contribution in [2.24, 2.45) is 0 Å². The Morgan fingerprint density at radius 1 is 1.08 bits per heavy atom. The normalized spacial score (nSPS) is 13.8. The number of hydrogen-bond acceptors (Lipinski definition) is 2. The molecule has 122 valence electrons. The highest BCUT2D eigenvalue weighted by atomic mass is 16.5. The number of carbonyl (C=O) groups is 1. The summed E-state index contributed by atoms with van der Waals surface area (Å²) in [6, 6.07) is 18.1. The molecule has 1 saturated carbocycles. The van der Waals surface area contributed by atoms with Gasteiger partial charge in [-0.1, -0.05) is 30.3 Å². The van der Waals surface area contributed by atoms with Crippen LogP contribution in [0, 0.1) is 0 Å². The third-order valence-electron chi connectivity index (χ3n) is 4.44. The van der Waals surface area contributed by atoms with Crippen LogP contribution in [0.5, 0.6) is 5.75 Å². The Kier molecular flexibility index (Phi) is 3.95. The highest BCUT2D eigenvalue weighted by Crippen LogP contribution is 2.30. The second kappa shape index (κ2) is 6.40. The van der Waals surface area contributed by atoms with Crippen LogP contribution in [0.3, 0.4) is 0 Å². The fourth-order valence-electron chi connectivity index (χ4n) is 3.02. The van der Waals surface area contributed by atoms with Crippen LogP contribution < -0.4 is 4.74 Å². The van der Waals surface area contributed by atoms with Crippen LogP contribution in [0.1, 0.15) is 18.4 Å². The van der Waals surface area contributed by atoms with Crippen LogP contribution in [0.15, 0.2) is 60.8 Å². The lowest BCUT2D eigenvalue weighted by molar-refractivity contribution is -0.134. The van der Waals surface area contributed by atoms with E-state index >= 15 is 0 Å². The van der Waals surface area contributed by atoms with Gasteiger partial charge >= 0.3 is 0 Å². The molecule has 0 aliphatic heterocycles. The molecule has 1 aliphatic carbocycles. The summed E-state index contributed by atoms with van der Waals surface area (Å²) >= 11 is 0. The van der Waals surface area contributed by atoms with Crippen LogP contribution >= 0.6 is 0 Å². The molecule has 1 aliphatic rings. The number of H-pyrrole nitrogens is 1. The van der Waals surface area contributed by atoms with Gasteiger partial charge in [0, 0.05) is 29.7 Å². The summed E-state index contributed by atoms with van der Waals surface area (Å²) in [5, 5.41) is 1.18. The second-order valence-electron chi connectivity index (χ2n) is 6.21. The van der Waals surface area contributed by atoms with E-state index in [1.165, 1.54) is 10.9 Å². The van der Waals surface area contributed by atoms with Crippen molar-refractivity contribution in [3.8, 4) is 5.75 Å². The lowest BCUT2D eigenvalue weighted by Gasteiger charge is -2.23. The third-order valence-corrected chi connectivity index (χ3v) is 4.44. The van der Waals surface area contributed by atoms with Gasteiger partial charge in [0.15, 0.2) is 6.61 Å². The fourth-order valence-corrected chi connectivity index (χ4v) is 3.02. The van der Waals surface area contributed by atoms with Crippen LogP contribution in [0.2, 0.25) is 0 Å². The van der Waals surface area contributed by atoms with Crippen molar-refractivity contribution in [1.82, 2.24) is 9.88 Å². The maximum atomic E-state index is 12.7. The van der Waals surface area contributed by atoms with Gasteiger partial charge in [-0.15, -0.1) is 0 Å². The number of amides is 1. The average Bonchev–Trinajstić information content (AvgIpc) is 3.34. The van der Waals surface area contributed by atoms with Crippen LogP contribution in [0.4, 0.5) is 0 Å². The van der Waals surface area contributed by atoms with Gasteiger partial charge in [-0.25, -0.2) is 0 Å². The molecule has 4 rings (SSSR count). The molecule has 1 fully saturated rings. The van der Waals surface area contributed by atoms with E-state index < -0.39 is 0 Å². The Hall–Kier alpha value is -2.75. The molecule has 0 spiro atoms. The van der Waals surface area contributed by atoms with Crippen LogP contribution in [-0.2, 0) is 11.3 Å². The number of fused-ring (bicyclic) bond motifs is 1. The zero-order valence-electron chi connectivity index (χ0n) is 13.4. The zero-order valence-corrected chi connectivity index (χ0v) is 13.4. The number of para-hydroxylation sites is 1. The SMILES string of the molecule is O=C(COc1ccccc1)N(Cc1cccc2[nH]ccc12)C1CC1. The number of ether oxygens (including phenoxy) is 1. The maximum Gasteiger partial charge on any atom is 0.261 e. The van der Waals surface area contributed by atoms with Crippen molar-refractivity contribution < 1.29 is 9.53 Å². The number of nitrogens with zero attached hydrogens (tertiary/aromatic N) is 1. The van der Waals surface area contributed by atoms with E-state index in [0.29, 0.717) is 12.6 Å². The molecule has 1 amide bonds. The lowest BCUT2D eigenvalue weighted by Crippen LogP contribution is -2.36. The fraction of sp³-hybridized carbons (Fsp3) is 0.250. The highest BCUT2D eigenvalue weighted by Gasteiger charge is 2.33. The van der Waals surface area contributed by atoms with Crippen LogP contribution in [0.25, 0.3) is 10.9 Å². The average molecular weight is 320 g/mol. The van der Waals surface area contributed by atoms with Gasteiger partial charge in [-0.3, -0.25) is 4.79 Å². The summed E-state index contributed by atoms with van der Waals surface area (Å²) in [6.07, 6.45) is 4.11. The largest absolute Gasteiger partial charge is 0.484 e. The first-order valence-corrected chi connectivity index (χ1v) is 8.33. The Morgan fingerprint density at radius 3 is 2.71 bits per heavy atom. The van der Waals surface area contributed by atoms with E-state index in [1.54, 1.807) is 0 Å². The molecule has 4 nitrogen and oxygen atoms in total. The number of aromatic amines is 1. The van der Waals surface area contributed by atoms with E-state index in [2.05, 4.69) is 23.2 Å². The smallest absolute Gasteiger partial charge is 0.261 e. The standard InChI is InChI=1S/C20H20N2O2/c23-20(14-24-17-6-2-1-3-7-17)22(16-9-10-16)13-15-5-4-8-19-18(15)11-12-21-19/h1-8,11-12,16,21H,9-10,13-14H2. The first-order valence-electron chi connectivity index (χ1n) is 8.33. The van der Waals surface area contributed by atoms with Gasteiger partial charge in [-0.2, -0.15) is 0 Å². The van der Waals surface area contributed by atoms with Gasteiger partial charge in [0.1, 0.15) is 5.75 Å². The molecule has 1 aromatic heterocycles. The summed E-state index contributed by atoms with van der Waals surface area (Å²) in [4.78, 5) is 17.9. The number of nitrogens with one attached hydrogen (secondary N) is 1. The molecule has 4 heteroatoms. The highest BCUT2D eigenvalue weighted by molar-refractivity contribution is 5.84. The number of benzene rings is 2. The van der Waals surface area contributed by atoms with E-state index in [-0.39, 0.29) is 12.5 Å². The molecule has 0 bridgehead atoms.